The molecule has 3 aromatic rings. The summed E-state index contributed by atoms with van der Waals surface area (Å²) >= 11 is 0. The minimum Gasteiger partial charge on any atom is -0.337 e. The Morgan fingerprint density at radius 1 is 1.21 bits per heavy atom. The number of nitrogens with zero attached hydrogens (tertiary/aromatic N) is 3. The molecule has 0 radical (unpaired) electrons. The predicted octanol–water partition coefficient (Wildman–Crippen LogP) is 1.27. The van der Waals surface area contributed by atoms with Crippen molar-refractivity contribution < 1.29 is 13.0 Å². The second kappa shape index (κ2) is 4.11. The van der Waals surface area contributed by atoms with E-state index < -0.39 is 10.1 Å². The van der Waals surface area contributed by atoms with Crippen LogP contribution in [0.2, 0.25) is 0 Å². The first-order valence-electron chi connectivity index (χ1n) is 5.28. The van der Waals surface area contributed by atoms with Gasteiger partial charge in [0.1, 0.15) is 5.69 Å². The van der Waals surface area contributed by atoms with Crippen LogP contribution in [0.5, 0.6) is 0 Å². The Labute approximate surface area is 108 Å². The number of aromatic amines is 1. The topological polar surface area (TPSA) is 109 Å². The number of hydrogen-bond acceptors (Lipinski definition) is 5. The molecule has 0 bridgehead atoms. The van der Waals surface area contributed by atoms with Gasteiger partial charge in [0.15, 0.2) is 5.82 Å². The molecule has 96 valence electrons. The van der Waals surface area contributed by atoms with Crippen molar-refractivity contribution in [2.24, 2.45) is 0 Å². The molecule has 0 atom stereocenters. The average Bonchev–Trinajstić information content (AvgIpc) is 2.81. The minimum atomic E-state index is -4.23. The lowest BCUT2D eigenvalue weighted by atomic mass is 10.3. The van der Waals surface area contributed by atoms with E-state index in [1.807, 2.05) is 0 Å². The maximum absolute atomic E-state index is 11.0. The van der Waals surface area contributed by atoms with E-state index in [0.717, 1.165) is 0 Å². The average molecular weight is 276 g/mol. The Bertz CT molecular complexity index is 843. The Morgan fingerprint density at radius 2 is 2.05 bits per heavy atom. The van der Waals surface area contributed by atoms with Crippen molar-refractivity contribution in [3.63, 3.8) is 0 Å². The molecule has 0 unspecified atom stereocenters. The summed E-state index contributed by atoms with van der Waals surface area (Å²) < 4.78 is 31.1. The van der Waals surface area contributed by atoms with Crippen molar-refractivity contribution in [3.8, 4) is 11.5 Å². The maximum Gasteiger partial charge on any atom is 0.294 e. The van der Waals surface area contributed by atoms with Gasteiger partial charge in [-0.2, -0.15) is 8.42 Å². The first-order chi connectivity index (χ1) is 9.04. The molecule has 0 spiro atoms. The van der Waals surface area contributed by atoms with Crippen molar-refractivity contribution in [2.45, 2.75) is 4.90 Å². The zero-order chi connectivity index (χ0) is 13.5. The molecule has 0 saturated carbocycles. The van der Waals surface area contributed by atoms with Gasteiger partial charge in [0.25, 0.3) is 10.1 Å². The van der Waals surface area contributed by atoms with Gasteiger partial charge in [-0.15, -0.1) is 0 Å². The van der Waals surface area contributed by atoms with Gasteiger partial charge in [0, 0.05) is 12.4 Å². The molecular formula is C11H8N4O3S. The van der Waals surface area contributed by atoms with E-state index in [2.05, 4.69) is 19.9 Å². The molecule has 0 fully saturated rings. The van der Waals surface area contributed by atoms with Crippen molar-refractivity contribution in [1.82, 2.24) is 19.9 Å². The minimum absolute atomic E-state index is 0.197. The SMILES string of the molecule is O=S(=O)(O)c1ccc2[nH]c(-c3cnccn3)nc2c1. The van der Waals surface area contributed by atoms with E-state index in [9.17, 15) is 8.42 Å². The number of aromatic nitrogens is 4. The van der Waals surface area contributed by atoms with E-state index in [1.54, 1.807) is 12.4 Å². The summed E-state index contributed by atoms with van der Waals surface area (Å²) in [6.45, 7) is 0. The van der Waals surface area contributed by atoms with Gasteiger partial charge in [-0.05, 0) is 18.2 Å². The smallest absolute Gasteiger partial charge is 0.294 e. The number of H-pyrrole nitrogens is 1. The predicted molar refractivity (Wildman–Crippen MR) is 66.9 cm³/mol. The molecule has 0 saturated heterocycles. The Kier molecular flexibility index (Phi) is 2.54. The number of hydrogen-bond donors (Lipinski definition) is 2. The fraction of sp³-hybridized carbons (Fsp3) is 0. The number of fused-ring (bicyclic) bond motifs is 1. The highest BCUT2D eigenvalue weighted by Gasteiger charge is 2.12. The van der Waals surface area contributed by atoms with E-state index in [-0.39, 0.29) is 4.90 Å². The van der Waals surface area contributed by atoms with Gasteiger partial charge in [-0.1, -0.05) is 0 Å². The summed E-state index contributed by atoms with van der Waals surface area (Å²) in [6, 6.07) is 4.13. The Morgan fingerprint density at radius 3 is 2.74 bits per heavy atom. The van der Waals surface area contributed by atoms with Crippen LogP contribution in [0.25, 0.3) is 22.6 Å². The quantitative estimate of drug-likeness (QED) is 0.682. The molecular weight excluding hydrogens is 268 g/mol. The highest BCUT2D eigenvalue weighted by molar-refractivity contribution is 7.85. The van der Waals surface area contributed by atoms with Crippen LogP contribution in [0.3, 0.4) is 0 Å². The van der Waals surface area contributed by atoms with Crippen LogP contribution in [0.4, 0.5) is 0 Å². The van der Waals surface area contributed by atoms with Gasteiger partial charge in [0.05, 0.1) is 22.1 Å². The summed E-state index contributed by atoms with van der Waals surface area (Å²) in [5, 5.41) is 0. The van der Waals surface area contributed by atoms with Gasteiger partial charge in [-0.25, -0.2) is 9.97 Å². The third-order valence-electron chi connectivity index (χ3n) is 2.56. The highest BCUT2D eigenvalue weighted by Crippen LogP contribution is 2.20. The fourth-order valence-electron chi connectivity index (χ4n) is 1.69. The van der Waals surface area contributed by atoms with Gasteiger partial charge in [0.2, 0.25) is 0 Å². The molecule has 2 heterocycles. The highest BCUT2D eigenvalue weighted by atomic mass is 32.2. The van der Waals surface area contributed by atoms with E-state index in [4.69, 9.17) is 4.55 Å². The van der Waals surface area contributed by atoms with E-state index >= 15 is 0 Å². The molecule has 2 N–H and O–H groups in total. The molecule has 1 aromatic carbocycles. The Balaban J connectivity index is 2.17. The first-order valence-corrected chi connectivity index (χ1v) is 6.72. The van der Waals surface area contributed by atoms with Crippen molar-refractivity contribution in [1.29, 1.82) is 0 Å². The van der Waals surface area contributed by atoms with Gasteiger partial charge in [-0.3, -0.25) is 9.54 Å². The third kappa shape index (κ3) is 2.18. The van der Waals surface area contributed by atoms with E-state index in [1.165, 1.54) is 24.4 Å². The van der Waals surface area contributed by atoms with Crippen LogP contribution < -0.4 is 0 Å². The molecule has 8 heteroatoms. The number of nitrogens with one attached hydrogen (secondary N) is 1. The monoisotopic (exact) mass is 276 g/mol. The molecule has 0 aliphatic heterocycles. The third-order valence-corrected chi connectivity index (χ3v) is 3.41. The van der Waals surface area contributed by atoms with Crippen LogP contribution >= 0.6 is 0 Å². The van der Waals surface area contributed by atoms with Gasteiger partial charge >= 0.3 is 0 Å². The van der Waals surface area contributed by atoms with Crippen LogP contribution in [0, 0.1) is 0 Å². The second-order valence-electron chi connectivity index (χ2n) is 3.83. The maximum atomic E-state index is 11.0. The molecule has 7 nitrogen and oxygen atoms in total. The molecule has 2 aromatic heterocycles. The van der Waals surface area contributed by atoms with E-state index in [0.29, 0.717) is 22.6 Å². The van der Waals surface area contributed by atoms with Crippen molar-refractivity contribution in [3.05, 3.63) is 36.8 Å². The molecule has 0 amide bonds. The molecule has 0 aliphatic carbocycles. The molecule has 3 rings (SSSR count). The summed E-state index contributed by atoms with van der Waals surface area (Å²) in [6.07, 6.45) is 4.62. The van der Waals surface area contributed by atoms with Crippen molar-refractivity contribution in [2.75, 3.05) is 0 Å². The Hall–Kier alpha value is -2.32. The lowest BCUT2D eigenvalue weighted by Gasteiger charge is -1.94. The van der Waals surface area contributed by atoms with Crippen LogP contribution in [-0.2, 0) is 10.1 Å². The number of imidazole rings is 1. The standard InChI is InChI=1S/C11H8N4O3S/c16-19(17,18)7-1-2-8-9(5-7)15-11(14-8)10-6-12-3-4-13-10/h1-6H,(H,14,15)(H,16,17,18). The summed E-state index contributed by atoms with van der Waals surface area (Å²) in [5.74, 6) is 0.482. The van der Waals surface area contributed by atoms with Gasteiger partial charge < -0.3 is 4.98 Å². The molecule has 19 heavy (non-hydrogen) atoms. The normalized spacial score (nSPS) is 11.8. The lowest BCUT2D eigenvalue weighted by molar-refractivity contribution is 0.483. The van der Waals surface area contributed by atoms with Crippen molar-refractivity contribution >= 4 is 21.2 Å². The lowest BCUT2D eigenvalue weighted by Crippen LogP contribution is -1.97. The zero-order valence-electron chi connectivity index (χ0n) is 9.48. The summed E-state index contributed by atoms with van der Waals surface area (Å²) in [5.41, 5.74) is 1.62. The number of rotatable bonds is 2. The van der Waals surface area contributed by atoms with Crippen LogP contribution in [-0.4, -0.2) is 32.9 Å². The fourth-order valence-corrected chi connectivity index (χ4v) is 2.19. The van der Waals surface area contributed by atoms with Crippen LogP contribution in [0.15, 0.2) is 41.7 Å². The number of benzene rings is 1. The molecule has 0 aliphatic rings. The summed E-state index contributed by atoms with van der Waals surface area (Å²) in [4.78, 5) is 15.0. The second-order valence-corrected chi connectivity index (χ2v) is 5.25. The van der Waals surface area contributed by atoms with Crippen LogP contribution in [0.1, 0.15) is 0 Å². The largest absolute Gasteiger partial charge is 0.337 e. The summed E-state index contributed by atoms with van der Waals surface area (Å²) in [7, 11) is -4.23. The first kappa shape index (κ1) is 11.8. The zero-order valence-corrected chi connectivity index (χ0v) is 10.3.